The number of phenols is 1. The zero-order valence-corrected chi connectivity index (χ0v) is 23.1. The maximum atomic E-state index is 12.6. The number of amides is 1. The van der Waals surface area contributed by atoms with Crippen LogP contribution in [0.3, 0.4) is 0 Å². The molecule has 0 spiro atoms. The number of fused-ring (bicyclic) bond motifs is 1. The van der Waals surface area contributed by atoms with Crippen LogP contribution in [0.1, 0.15) is 28.4 Å². The second kappa shape index (κ2) is 11.7. The van der Waals surface area contributed by atoms with Gasteiger partial charge in [-0.05, 0) is 110 Å². The molecule has 0 saturated heterocycles. The number of hydrazone groups is 1. The van der Waals surface area contributed by atoms with Crippen LogP contribution in [0.15, 0.2) is 77.9 Å². The molecular formula is C27H22I2N2O4. The Morgan fingerprint density at radius 3 is 2.43 bits per heavy atom. The molecule has 6 nitrogen and oxygen atoms in total. The molecule has 0 atom stereocenters. The molecule has 0 heterocycles. The van der Waals surface area contributed by atoms with Crippen molar-refractivity contribution in [2.75, 3.05) is 6.61 Å². The van der Waals surface area contributed by atoms with E-state index in [0.717, 1.165) is 25.5 Å². The van der Waals surface area contributed by atoms with Gasteiger partial charge in [0, 0.05) is 3.57 Å². The van der Waals surface area contributed by atoms with Crippen LogP contribution in [0.25, 0.3) is 10.8 Å². The minimum Gasteiger partial charge on any atom is -0.507 e. The van der Waals surface area contributed by atoms with E-state index in [2.05, 4.69) is 55.7 Å². The number of hydrogen-bond acceptors (Lipinski definition) is 5. The Kier molecular flexibility index (Phi) is 8.45. The molecule has 0 aliphatic carbocycles. The summed E-state index contributed by atoms with van der Waals surface area (Å²) >= 11 is 4.47. The largest absolute Gasteiger partial charge is 0.507 e. The van der Waals surface area contributed by atoms with Gasteiger partial charge in [0.1, 0.15) is 12.4 Å². The van der Waals surface area contributed by atoms with Gasteiger partial charge < -0.3 is 14.6 Å². The average molecular weight is 692 g/mol. The molecule has 8 heteroatoms. The summed E-state index contributed by atoms with van der Waals surface area (Å²) in [5, 5.41) is 16.0. The van der Waals surface area contributed by atoms with E-state index in [0.29, 0.717) is 24.7 Å². The zero-order valence-electron chi connectivity index (χ0n) is 18.8. The number of ether oxygens (including phenoxy) is 2. The standard InChI is InChI=1S/C27H22I2N2O4/c1-2-34-25-12-18(11-23(29)26(25)35-16-17-7-9-21(28)10-8-17)15-30-31-27(33)22-13-19-5-3-4-6-20(19)14-24(22)32/h3-15,32H,2,16H2,1H3,(H,31,33). The number of rotatable bonds is 8. The Labute approximate surface area is 230 Å². The number of phenolic OH excluding ortho intramolecular Hbond substituents is 1. The monoisotopic (exact) mass is 692 g/mol. The minimum atomic E-state index is -0.498. The topological polar surface area (TPSA) is 80.2 Å². The normalized spacial score (nSPS) is 11.1. The molecule has 0 saturated carbocycles. The van der Waals surface area contributed by atoms with Crippen LogP contribution in [0, 0.1) is 7.14 Å². The van der Waals surface area contributed by atoms with Crippen molar-refractivity contribution >= 4 is 68.1 Å². The highest BCUT2D eigenvalue weighted by Gasteiger charge is 2.14. The van der Waals surface area contributed by atoms with E-state index in [1.54, 1.807) is 12.1 Å². The Balaban J connectivity index is 1.48. The number of carbonyl (C=O) groups is 1. The highest BCUT2D eigenvalue weighted by atomic mass is 127. The van der Waals surface area contributed by atoms with Gasteiger partial charge in [-0.3, -0.25) is 4.79 Å². The quantitative estimate of drug-likeness (QED) is 0.126. The first-order valence-corrected chi connectivity index (χ1v) is 13.0. The van der Waals surface area contributed by atoms with Gasteiger partial charge in [-0.25, -0.2) is 5.43 Å². The first-order chi connectivity index (χ1) is 16.9. The second-order valence-corrected chi connectivity index (χ2v) is 10.0. The molecule has 0 fully saturated rings. The average Bonchev–Trinajstić information content (AvgIpc) is 2.84. The van der Waals surface area contributed by atoms with Crippen LogP contribution < -0.4 is 14.9 Å². The smallest absolute Gasteiger partial charge is 0.275 e. The van der Waals surface area contributed by atoms with Crippen molar-refractivity contribution in [2.24, 2.45) is 5.10 Å². The Morgan fingerprint density at radius 1 is 1.00 bits per heavy atom. The van der Waals surface area contributed by atoms with Crippen molar-refractivity contribution < 1.29 is 19.4 Å². The van der Waals surface area contributed by atoms with E-state index in [1.165, 1.54) is 9.78 Å². The number of hydrogen-bond donors (Lipinski definition) is 2. The Morgan fingerprint density at radius 2 is 1.71 bits per heavy atom. The number of nitrogens with one attached hydrogen (secondary N) is 1. The predicted octanol–water partition coefficient (Wildman–Crippen LogP) is 6.50. The summed E-state index contributed by atoms with van der Waals surface area (Å²) in [6.45, 7) is 2.81. The van der Waals surface area contributed by atoms with Crippen LogP contribution in [-0.4, -0.2) is 23.8 Å². The van der Waals surface area contributed by atoms with Gasteiger partial charge in [-0.1, -0.05) is 36.4 Å². The van der Waals surface area contributed by atoms with Crippen LogP contribution in [0.4, 0.5) is 0 Å². The molecule has 0 aromatic heterocycles. The molecule has 4 rings (SSSR count). The van der Waals surface area contributed by atoms with Gasteiger partial charge >= 0.3 is 0 Å². The first kappa shape index (κ1) is 25.2. The third-order valence-electron chi connectivity index (χ3n) is 5.12. The lowest BCUT2D eigenvalue weighted by molar-refractivity contribution is 0.0952. The fourth-order valence-corrected chi connectivity index (χ4v) is 4.58. The number of carbonyl (C=O) groups excluding carboxylic acids is 1. The molecule has 2 N–H and O–H groups in total. The molecule has 0 aliphatic rings. The summed E-state index contributed by atoms with van der Waals surface area (Å²) < 4.78 is 13.9. The van der Waals surface area contributed by atoms with E-state index < -0.39 is 5.91 Å². The van der Waals surface area contributed by atoms with E-state index in [-0.39, 0.29) is 11.3 Å². The van der Waals surface area contributed by atoms with E-state index in [1.807, 2.05) is 67.6 Å². The van der Waals surface area contributed by atoms with Gasteiger partial charge in [-0.15, -0.1) is 0 Å². The van der Waals surface area contributed by atoms with Gasteiger partial charge in [0.2, 0.25) is 0 Å². The summed E-state index contributed by atoms with van der Waals surface area (Å²) in [5.74, 6) is 0.666. The molecule has 178 valence electrons. The molecule has 1 amide bonds. The van der Waals surface area contributed by atoms with Crippen molar-refractivity contribution in [3.8, 4) is 17.2 Å². The molecule has 0 radical (unpaired) electrons. The maximum absolute atomic E-state index is 12.6. The van der Waals surface area contributed by atoms with E-state index >= 15 is 0 Å². The lowest BCUT2D eigenvalue weighted by atomic mass is 10.1. The van der Waals surface area contributed by atoms with Crippen molar-refractivity contribution in [2.45, 2.75) is 13.5 Å². The van der Waals surface area contributed by atoms with Crippen LogP contribution in [0.5, 0.6) is 17.2 Å². The van der Waals surface area contributed by atoms with E-state index in [4.69, 9.17) is 9.47 Å². The van der Waals surface area contributed by atoms with Crippen molar-refractivity contribution in [3.63, 3.8) is 0 Å². The fourth-order valence-electron chi connectivity index (χ4n) is 3.44. The minimum absolute atomic E-state index is 0.0980. The lowest BCUT2D eigenvalue weighted by Crippen LogP contribution is -2.17. The summed E-state index contributed by atoms with van der Waals surface area (Å²) in [5.41, 5.74) is 4.44. The summed E-state index contributed by atoms with van der Waals surface area (Å²) in [6.07, 6.45) is 1.53. The number of halogens is 2. The fraction of sp³-hybridized carbons (Fsp3) is 0.111. The molecule has 0 bridgehead atoms. The first-order valence-electron chi connectivity index (χ1n) is 10.8. The molecule has 0 aliphatic heterocycles. The van der Waals surface area contributed by atoms with Gasteiger partial charge in [0.15, 0.2) is 11.5 Å². The van der Waals surface area contributed by atoms with Crippen LogP contribution in [0.2, 0.25) is 0 Å². The second-order valence-electron chi connectivity index (χ2n) is 7.59. The molecule has 0 unspecified atom stereocenters. The Bertz CT molecular complexity index is 1390. The van der Waals surface area contributed by atoms with Crippen molar-refractivity contribution in [3.05, 3.63) is 96.6 Å². The van der Waals surface area contributed by atoms with Gasteiger partial charge in [0.05, 0.1) is 22.0 Å². The molecule has 4 aromatic rings. The van der Waals surface area contributed by atoms with Crippen molar-refractivity contribution in [1.82, 2.24) is 5.43 Å². The summed E-state index contributed by atoms with van der Waals surface area (Å²) in [7, 11) is 0. The number of benzene rings is 4. The summed E-state index contributed by atoms with van der Waals surface area (Å²) in [6, 6.07) is 22.6. The van der Waals surface area contributed by atoms with Crippen LogP contribution in [-0.2, 0) is 6.61 Å². The highest BCUT2D eigenvalue weighted by Crippen LogP contribution is 2.34. The molecule has 35 heavy (non-hydrogen) atoms. The third kappa shape index (κ3) is 6.43. The lowest BCUT2D eigenvalue weighted by Gasteiger charge is -2.15. The van der Waals surface area contributed by atoms with Gasteiger partial charge in [0.25, 0.3) is 5.91 Å². The molecular weight excluding hydrogens is 670 g/mol. The number of nitrogens with zero attached hydrogens (tertiary/aromatic N) is 1. The predicted molar refractivity (Wildman–Crippen MR) is 154 cm³/mol. The van der Waals surface area contributed by atoms with Crippen LogP contribution >= 0.6 is 45.2 Å². The maximum Gasteiger partial charge on any atom is 0.275 e. The molecule has 4 aromatic carbocycles. The van der Waals surface area contributed by atoms with Gasteiger partial charge in [-0.2, -0.15) is 5.10 Å². The summed E-state index contributed by atoms with van der Waals surface area (Å²) in [4.78, 5) is 12.6. The Hall–Kier alpha value is -2.86. The third-order valence-corrected chi connectivity index (χ3v) is 6.64. The zero-order chi connectivity index (χ0) is 24.8. The van der Waals surface area contributed by atoms with E-state index in [9.17, 15) is 9.90 Å². The highest BCUT2D eigenvalue weighted by molar-refractivity contribution is 14.1. The van der Waals surface area contributed by atoms with Crippen molar-refractivity contribution in [1.29, 1.82) is 0 Å². The number of aromatic hydroxyl groups is 1. The SMILES string of the molecule is CCOc1cc(C=NNC(=O)c2cc3ccccc3cc2O)cc(I)c1OCc1ccc(I)cc1.